The van der Waals surface area contributed by atoms with E-state index in [1.807, 2.05) is 60.7 Å². The van der Waals surface area contributed by atoms with Gasteiger partial charge in [-0.05, 0) is 67.8 Å². The molecule has 0 bridgehead atoms. The minimum absolute atomic E-state index is 0.430. The first-order chi connectivity index (χ1) is 27.3. The lowest BCUT2D eigenvalue weighted by Crippen LogP contribution is -2.28. The van der Waals surface area contributed by atoms with Crippen LogP contribution in [0.5, 0.6) is 0 Å². The topological polar surface area (TPSA) is 38.7 Å². The first kappa shape index (κ1) is 32.4. The summed E-state index contributed by atoms with van der Waals surface area (Å²) in [5.74, 6) is 1.95. The molecule has 1 heterocycles. The van der Waals surface area contributed by atoms with Crippen LogP contribution in [0, 0.1) is 0 Å². The summed E-state index contributed by atoms with van der Waals surface area (Å²) in [5.41, 5.74) is 14.7. The number of rotatable bonds is 7. The molecule has 258 valence electrons. The third-order valence-electron chi connectivity index (χ3n) is 10.8. The largest absolute Gasteiger partial charge is 0.208 e. The highest BCUT2D eigenvalue weighted by atomic mass is 15.0. The van der Waals surface area contributed by atoms with Crippen molar-refractivity contribution in [2.24, 2.45) is 0 Å². The fourth-order valence-electron chi connectivity index (χ4n) is 8.25. The number of hydrogen-bond donors (Lipinski definition) is 0. The molecule has 10 rings (SSSR count). The van der Waals surface area contributed by atoms with E-state index in [9.17, 15) is 0 Å². The van der Waals surface area contributed by atoms with Crippen molar-refractivity contribution in [3.63, 3.8) is 0 Å². The summed E-state index contributed by atoms with van der Waals surface area (Å²) < 4.78 is 0. The molecule has 1 aliphatic carbocycles. The molecule has 0 radical (unpaired) electrons. The molecule has 0 saturated heterocycles. The number of fused-ring (bicyclic) bond motifs is 3. The Morgan fingerprint density at radius 2 is 0.655 bits per heavy atom. The van der Waals surface area contributed by atoms with Crippen LogP contribution >= 0.6 is 0 Å². The van der Waals surface area contributed by atoms with Crippen molar-refractivity contribution < 1.29 is 0 Å². The maximum atomic E-state index is 4.96. The van der Waals surface area contributed by atoms with Crippen LogP contribution in [0.25, 0.3) is 67.5 Å². The average molecular weight is 702 g/mol. The Bertz CT molecular complexity index is 2680. The van der Waals surface area contributed by atoms with Crippen LogP contribution in [0.2, 0.25) is 0 Å². The number of nitrogens with zero attached hydrogens (tertiary/aromatic N) is 3. The molecule has 0 amide bonds. The second-order valence-electron chi connectivity index (χ2n) is 14.0. The Kier molecular flexibility index (Phi) is 8.04. The lowest BCUT2D eigenvalue weighted by molar-refractivity contribution is 0.769. The van der Waals surface area contributed by atoms with Crippen molar-refractivity contribution in [3.05, 3.63) is 235 Å². The first-order valence-electron chi connectivity index (χ1n) is 18.7. The van der Waals surface area contributed by atoms with Crippen molar-refractivity contribution >= 4 is 0 Å². The molecule has 0 fully saturated rings. The smallest absolute Gasteiger partial charge is 0.164 e. The molecule has 3 nitrogen and oxygen atoms in total. The lowest BCUT2D eigenvalue weighted by Gasteiger charge is -2.34. The zero-order chi connectivity index (χ0) is 36.6. The number of benzene rings is 8. The predicted octanol–water partition coefficient (Wildman–Crippen LogP) is 12.6. The Labute approximate surface area is 321 Å². The summed E-state index contributed by atoms with van der Waals surface area (Å²) in [4.78, 5) is 14.8. The Balaban J connectivity index is 1.04. The van der Waals surface area contributed by atoms with E-state index >= 15 is 0 Å². The Morgan fingerprint density at radius 3 is 1.22 bits per heavy atom. The molecule has 0 atom stereocenters. The minimum Gasteiger partial charge on any atom is -0.208 e. The number of hydrogen-bond acceptors (Lipinski definition) is 3. The molecule has 1 aromatic heterocycles. The minimum atomic E-state index is -0.430. The second-order valence-corrected chi connectivity index (χ2v) is 14.0. The molecule has 9 aromatic rings. The van der Waals surface area contributed by atoms with Gasteiger partial charge in [-0.25, -0.2) is 15.0 Å². The van der Waals surface area contributed by atoms with Crippen molar-refractivity contribution in [2.75, 3.05) is 0 Å². The summed E-state index contributed by atoms with van der Waals surface area (Å²) in [5, 5.41) is 0. The summed E-state index contributed by atoms with van der Waals surface area (Å²) in [7, 11) is 0. The van der Waals surface area contributed by atoms with E-state index < -0.39 is 5.41 Å². The molecule has 1 aliphatic rings. The van der Waals surface area contributed by atoms with Crippen molar-refractivity contribution in [2.45, 2.75) is 5.41 Å². The molecule has 3 heteroatoms. The first-order valence-corrected chi connectivity index (χ1v) is 18.7. The van der Waals surface area contributed by atoms with E-state index in [0.717, 1.165) is 27.8 Å². The Morgan fingerprint density at radius 1 is 0.255 bits per heavy atom. The van der Waals surface area contributed by atoms with Gasteiger partial charge in [0.05, 0.1) is 5.41 Å². The third-order valence-corrected chi connectivity index (χ3v) is 10.8. The molecule has 0 spiro atoms. The molecule has 55 heavy (non-hydrogen) atoms. The van der Waals surface area contributed by atoms with E-state index in [4.69, 9.17) is 15.0 Å². The monoisotopic (exact) mass is 701 g/mol. The lowest BCUT2D eigenvalue weighted by atomic mass is 9.67. The summed E-state index contributed by atoms with van der Waals surface area (Å²) >= 11 is 0. The standard InChI is InChI=1S/C52H35N3/c1-5-16-38(17-6-1)49-53-50(39-18-7-2-8-19-39)55-51(54-49)42-21-15-20-40(34-42)36-28-30-37(31-29-36)41-32-33-46-45-26-13-14-27-47(45)52(48(46)35-41,43-22-9-3-10-23-43)44-24-11-4-12-25-44/h1-35H. The third kappa shape index (κ3) is 5.65. The highest BCUT2D eigenvalue weighted by Gasteiger charge is 2.46. The van der Waals surface area contributed by atoms with Gasteiger partial charge in [0, 0.05) is 16.7 Å². The van der Waals surface area contributed by atoms with Gasteiger partial charge in [0.15, 0.2) is 17.5 Å². The van der Waals surface area contributed by atoms with Gasteiger partial charge in [-0.1, -0.05) is 200 Å². The highest BCUT2D eigenvalue weighted by Crippen LogP contribution is 2.56. The highest BCUT2D eigenvalue weighted by molar-refractivity contribution is 5.88. The van der Waals surface area contributed by atoms with Gasteiger partial charge in [-0.15, -0.1) is 0 Å². The van der Waals surface area contributed by atoms with Gasteiger partial charge in [0.2, 0.25) is 0 Å². The van der Waals surface area contributed by atoms with Gasteiger partial charge in [0.1, 0.15) is 0 Å². The van der Waals surface area contributed by atoms with E-state index in [2.05, 4.69) is 152 Å². The van der Waals surface area contributed by atoms with Gasteiger partial charge in [-0.2, -0.15) is 0 Å². The SMILES string of the molecule is c1ccc(-c2nc(-c3ccccc3)nc(-c3cccc(-c4ccc(-c5ccc6c(c5)C(c5ccccc5)(c5ccccc5)c5ccccc5-6)cc4)c3)n2)cc1. The van der Waals surface area contributed by atoms with Crippen LogP contribution < -0.4 is 0 Å². The van der Waals surface area contributed by atoms with Gasteiger partial charge in [0.25, 0.3) is 0 Å². The van der Waals surface area contributed by atoms with Gasteiger partial charge >= 0.3 is 0 Å². The van der Waals surface area contributed by atoms with Crippen LogP contribution in [0.3, 0.4) is 0 Å². The van der Waals surface area contributed by atoms with Gasteiger partial charge < -0.3 is 0 Å². The molecule has 0 saturated carbocycles. The van der Waals surface area contributed by atoms with E-state index in [-0.39, 0.29) is 0 Å². The average Bonchev–Trinajstić information content (AvgIpc) is 3.58. The van der Waals surface area contributed by atoms with E-state index in [0.29, 0.717) is 17.5 Å². The van der Waals surface area contributed by atoms with Crippen LogP contribution in [0.4, 0.5) is 0 Å². The van der Waals surface area contributed by atoms with Crippen LogP contribution in [0.15, 0.2) is 212 Å². The fraction of sp³-hybridized carbons (Fsp3) is 0.0192. The van der Waals surface area contributed by atoms with Crippen molar-refractivity contribution in [3.8, 4) is 67.5 Å². The van der Waals surface area contributed by atoms with Crippen LogP contribution in [-0.4, -0.2) is 15.0 Å². The molecule has 8 aromatic carbocycles. The molecule has 0 unspecified atom stereocenters. The summed E-state index contributed by atoms with van der Waals surface area (Å²) in [6, 6.07) is 75.4. The summed E-state index contributed by atoms with van der Waals surface area (Å²) in [6.07, 6.45) is 0. The Hall–Kier alpha value is -7.23. The quantitative estimate of drug-likeness (QED) is 0.166. The van der Waals surface area contributed by atoms with Crippen LogP contribution in [0.1, 0.15) is 22.3 Å². The van der Waals surface area contributed by atoms with Crippen molar-refractivity contribution in [1.29, 1.82) is 0 Å². The number of aromatic nitrogens is 3. The van der Waals surface area contributed by atoms with Gasteiger partial charge in [-0.3, -0.25) is 0 Å². The van der Waals surface area contributed by atoms with E-state index in [1.165, 1.54) is 44.5 Å². The predicted molar refractivity (Wildman–Crippen MR) is 224 cm³/mol. The molecular formula is C52H35N3. The molecule has 0 N–H and O–H groups in total. The van der Waals surface area contributed by atoms with Crippen molar-refractivity contribution in [1.82, 2.24) is 15.0 Å². The molecular weight excluding hydrogens is 667 g/mol. The zero-order valence-electron chi connectivity index (χ0n) is 30.0. The fourth-order valence-corrected chi connectivity index (χ4v) is 8.25. The normalized spacial score (nSPS) is 12.5. The zero-order valence-corrected chi connectivity index (χ0v) is 30.0. The maximum absolute atomic E-state index is 4.96. The van der Waals surface area contributed by atoms with Crippen LogP contribution in [-0.2, 0) is 5.41 Å². The molecule has 0 aliphatic heterocycles. The van der Waals surface area contributed by atoms with E-state index in [1.54, 1.807) is 0 Å². The maximum Gasteiger partial charge on any atom is 0.164 e. The summed E-state index contributed by atoms with van der Waals surface area (Å²) in [6.45, 7) is 0. The second kappa shape index (κ2) is 13.6.